The molecule has 0 aromatic heterocycles. The van der Waals surface area contributed by atoms with Crippen LogP contribution in [0, 0.1) is 5.41 Å². The maximum atomic E-state index is 11.4. The van der Waals surface area contributed by atoms with Gasteiger partial charge in [-0.3, -0.25) is 4.79 Å². The smallest absolute Gasteiger partial charge is 0.227 e. The molecule has 0 aromatic carbocycles. The van der Waals surface area contributed by atoms with E-state index in [4.69, 9.17) is 0 Å². The largest absolute Gasteiger partial charge is 0.356 e. The van der Waals surface area contributed by atoms with Gasteiger partial charge in [0.05, 0.1) is 5.41 Å². The van der Waals surface area contributed by atoms with Crippen molar-refractivity contribution in [2.75, 3.05) is 26.7 Å². The number of carbonyl (C=O) groups excluding carboxylic acids is 1. The van der Waals surface area contributed by atoms with Crippen LogP contribution in [0.15, 0.2) is 0 Å². The Hall–Kier alpha value is -0.570. The Kier molecular flexibility index (Phi) is 2.73. The van der Waals surface area contributed by atoms with Gasteiger partial charge in [0.1, 0.15) is 0 Å². The van der Waals surface area contributed by atoms with Crippen LogP contribution in [0.1, 0.15) is 20.3 Å². The average Bonchev–Trinajstić information content (AvgIpc) is 2.32. The lowest BCUT2D eigenvalue weighted by atomic mass is 9.88. The third-order valence-electron chi connectivity index (χ3n) is 2.67. The third kappa shape index (κ3) is 1.78. The van der Waals surface area contributed by atoms with Crippen molar-refractivity contribution in [2.45, 2.75) is 20.3 Å². The van der Waals surface area contributed by atoms with Gasteiger partial charge in [-0.05, 0) is 26.9 Å². The van der Waals surface area contributed by atoms with Crippen LogP contribution in [0.2, 0.25) is 0 Å². The average molecular weight is 170 g/mol. The molecule has 0 aliphatic carbocycles. The first-order valence-corrected chi connectivity index (χ1v) is 4.55. The highest BCUT2D eigenvalue weighted by Crippen LogP contribution is 2.26. The standard InChI is InChI=1S/C9H18N2O/c1-4-11(3)7-9(2)5-6-10-8(9)12/h4-7H2,1-3H3,(H,10,12). The minimum atomic E-state index is -0.148. The van der Waals surface area contributed by atoms with Gasteiger partial charge in [-0.15, -0.1) is 0 Å². The highest BCUT2D eigenvalue weighted by Gasteiger charge is 2.37. The van der Waals surface area contributed by atoms with Crippen LogP contribution in [0.3, 0.4) is 0 Å². The van der Waals surface area contributed by atoms with Crippen LogP contribution in [0.5, 0.6) is 0 Å². The second-order valence-electron chi connectivity index (χ2n) is 3.90. The lowest BCUT2D eigenvalue weighted by Gasteiger charge is -2.26. The van der Waals surface area contributed by atoms with Crippen LogP contribution < -0.4 is 5.32 Å². The molecule has 70 valence electrons. The van der Waals surface area contributed by atoms with Gasteiger partial charge in [-0.1, -0.05) is 6.92 Å². The molecular weight excluding hydrogens is 152 g/mol. The van der Waals surface area contributed by atoms with Gasteiger partial charge in [0.15, 0.2) is 0 Å². The molecule has 0 bridgehead atoms. The summed E-state index contributed by atoms with van der Waals surface area (Å²) in [5.41, 5.74) is -0.148. The summed E-state index contributed by atoms with van der Waals surface area (Å²) in [6.45, 7) is 6.86. The summed E-state index contributed by atoms with van der Waals surface area (Å²) in [5, 5.41) is 2.87. The Morgan fingerprint density at radius 2 is 2.33 bits per heavy atom. The molecular formula is C9H18N2O. The van der Waals surface area contributed by atoms with Gasteiger partial charge in [0.2, 0.25) is 5.91 Å². The van der Waals surface area contributed by atoms with Gasteiger partial charge in [-0.25, -0.2) is 0 Å². The zero-order valence-corrected chi connectivity index (χ0v) is 8.18. The van der Waals surface area contributed by atoms with Crippen LogP contribution in [-0.4, -0.2) is 37.5 Å². The van der Waals surface area contributed by atoms with Gasteiger partial charge in [0, 0.05) is 13.1 Å². The Morgan fingerprint density at radius 1 is 1.67 bits per heavy atom. The first kappa shape index (κ1) is 9.52. The Balaban J connectivity index is 2.53. The maximum Gasteiger partial charge on any atom is 0.227 e. The van der Waals surface area contributed by atoms with Crippen molar-refractivity contribution in [1.82, 2.24) is 10.2 Å². The van der Waals surface area contributed by atoms with Crippen LogP contribution in [-0.2, 0) is 4.79 Å². The summed E-state index contributed by atoms with van der Waals surface area (Å²) in [7, 11) is 2.05. The molecule has 0 saturated carbocycles. The molecule has 1 saturated heterocycles. The fraction of sp³-hybridized carbons (Fsp3) is 0.889. The summed E-state index contributed by atoms with van der Waals surface area (Å²) in [5.74, 6) is 0.211. The number of hydrogen-bond donors (Lipinski definition) is 1. The Morgan fingerprint density at radius 3 is 2.75 bits per heavy atom. The SMILES string of the molecule is CCN(C)CC1(C)CCNC1=O. The van der Waals surface area contributed by atoms with Crippen LogP contribution in [0.4, 0.5) is 0 Å². The zero-order valence-electron chi connectivity index (χ0n) is 8.18. The second kappa shape index (κ2) is 3.44. The molecule has 1 aliphatic heterocycles. The van der Waals surface area contributed by atoms with Crippen molar-refractivity contribution in [3.8, 4) is 0 Å². The van der Waals surface area contributed by atoms with Crippen molar-refractivity contribution < 1.29 is 4.79 Å². The molecule has 0 radical (unpaired) electrons. The minimum absolute atomic E-state index is 0.148. The summed E-state index contributed by atoms with van der Waals surface area (Å²) in [4.78, 5) is 13.6. The fourth-order valence-corrected chi connectivity index (χ4v) is 1.64. The van der Waals surface area contributed by atoms with E-state index in [2.05, 4.69) is 24.2 Å². The predicted molar refractivity (Wildman–Crippen MR) is 48.9 cm³/mol. The van der Waals surface area contributed by atoms with Crippen LogP contribution >= 0.6 is 0 Å². The molecule has 1 fully saturated rings. The van der Waals surface area contributed by atoms with E-state index in [1.54, 1.807) is 0 Å². The molecule has 0 spiro atoms. The van der Waals surface area contributed by atoms with Crippen molar-refractivity contribution in [3.63, 3.8) is 0 Å². The summed E-state index contributed by atoms with van der Waals surface area (Å²) in [6, 6.07) is 0. The number of hydrogen-bond acceptors (Lipinski definition) is 2. The van der Waals surface area contributed by atoms with E-state index < -0.39 is 0 Å². The molecule has 1 heterocycles. The van der Waals surface area contributed by atoms with E-state index in [0.29, 0.717) is 0 Å². The van der Waals surface area contributed by atoms with E-state index in [0.717, 1.165) is 26.1 Å². The van der Waals surface area contributed by atoms with E-state index in [1.807, 2.05) is 6.92 Å². The molecule has 1 atom stereocenters. The molecule has 1 amide bonds. The van der Waals surface area contributed by atoms with Gasteiger partial charge < -0.3 is 10.2 Å². The van der Waals surface area contributed by atoms with Gasteiger partial charge in [0.25, 0.3) is 0 Å². The first-order chi connectivity index (χ1) is 5.58. The lowest BCUT2D eigenvalue weighted by molar-refractivity contribution is -0.127. The molecule has 1 rings (SSSR count). The van der Waals surface area contributed by atoms with Gasteiger partial charge >= 0.3 is 0 Å². The van der Waals surface area contributed by atoms with E-state index in [-0.39, 0.29) is 11.3 Å². The maximum absolute atomic E-state index is 11.4. The molecule has 1 aliphatic rings. The molecule has 0 aromatic rings. The molecule has 3 nitrogen and oxygen atoms in total. The number of rotatable bonds is 3. The zero-order chi connectivity index (χ0) is 9.19. The Labute approximate surface area is 74.1 Å². The quantitative estimate of drug-likeness (QED) is 0.667. The molecule has 3 heteroatoms. The van der Waals surface area contributed by atoms with Crippen molar-refractivity contribution in [2.24, 2.45) is 5.41 Å². The molecule has 12 heavy (non-hydrogen) atoms. The third-order valence-corrected chi connectivity index (χ3v) is 2.67. The van der Waals surface area contributed by atoms with E-state index >= 15 is 0 Å². The highest BCUT2D eigenvalue weighted by atomic mass is 16.2. The predicted octanol–water partition coefficient (Wildman–Crippen LogP) is 0.464. The van der Waals surface area contributed by atoms with Crippen molar-refractivity contribution in [1.29, 1.82) is 0 Å². The molecule has 1 unspecified atom stereocenters. The highest BCUT2D eigenvalue weighted by molar-refractivity contribution is 5.84. The molecule has 1 N–H and O–H groups in total. The summed E-state index contributed by atoms with van der Waals surface area (Å²) in [6.07, 6.45) is 0.968. The second-order valence-corrected chi connectivity index (χ2v) is 3.90. The normalized spacial score (nSPS) is 29.5. The fourth-order valence-electron chi connectivity index (χ4n) is 1.64. The van der Waals surface area contributed by atoms with E-state index in [9.17, 15) is 4.79 Å². The number of amides is 1. The number of nitrogens with zero attached hydrogens (tertiary/aromatic N) is 1. The first-order valence-electron chi connectivity index (χ1n) is 4.55. The van der Waals surface area contributed by atoms with E-state index in [1.165, 1.54) is 0 Å². The topological polar surface area (TPSA) is 32.3 Å². The Bertz CT molecular complexity index is 181. The van der Waals surface area contributed by atoms with Crippen molar-refractivity contribution >= 4 is 5.91 Å². The number of nitrogens with one attached hydrogen (secondary N) is 1. The number of carbonyl (C=O) groups is 1. The minimum Gasteiger partial charge on any atom is -0.356 e. The van der Waals surface area contributed by atoms with Gasteiger partial charge in [-0.2, -0.15) is 0 Å². The monoisotopic (exact) mass is 170 g/mol. The van der Waals surface area contributed by atoms with Crippen molar-refractivity contribution in [3.05, 3.63) is 0 Å². The summed E-state index contributed by atoms with van der Waals surface area (Å²) < 4.78 is 0. The lowest BCUT2D eigenvalue weighted by Crippen LogP contribution is -2.38. The van der Waals surface area contributed by atoms with Crippen LogP contribution in [0.25, 0.3) is 0 Å². The summed E-state index contributed by atoms with van der Waals surface area (Å²) >= 11 is 0.